The van der Waals surface area contributed by atoms with Crippen molar-refractivity contribution in [3.05, 3.63) is 29.8 Å². The van der Waals surface area contributed by atoms with Crippen molar-refractivity contribution in [1.82, 2.24) is 5.32 Å². The van der Waals surface area contributed by atoms with Gasteiger partial charge in [-0.2, -0.15) is 0 Å². The molecule has 1 aromatic carbocycles. The maximum atomic E-state index is 11.6. The molecule has 1 unspecified atom stereocenters. The van der Waals surface area contributed by atoms with Crippen LogP contribution in [0.4, 0.5) is 10.5 Å². The Morgan fingerprint density at radius 2 is 1.94 bits per heavy atom. The van der Waals surface area contributed by atoms with E-state index in [1.165, 1.54) is 4.90 Å². The van der Waals surface area contributed by atoms with E-state index in [1.807, 2.05) is 19.1 Å². The van der Waals surface area contributed by atoms with Gasteiger partial charge in [0.05, 0.1) is 0 Å². The monoisotopic (exact) mass is 246 g/mol. The fourth-order valence-corrected chi connectivity index (χ4v) is 1.85. The van der Waals surface area contributed by atoms with Gasteiger partial charge in [-0.15, -0.1) is 0 Å². The molecule has 5 nitrogen and oxygen atoms in total. The van der Waals surface area contributed by atoms with Crippen molar-refractivity contribution in [1.29, 1.82) is 0 Å². The van der Waals surface area contributed by atoms with E-state index >= 15 is 0 Å². The molecular formula is C13H14N2O3. The summed E-state index contributed by atoms with van der Waals surface area (Å²) in [6.07, 6.45) is 1.18. The lowest BCUT2D eigenvalue weighted by Crippen LogP contribution is -2.49. The minimum absolute atomic E-state index is 0.157. The second kappa shape index (κ2) is 5.00. The van der Waals surface area contributed by atoms with E-state index in [-0.39, 0.29) is 11.8 Å². The van der Waals surface area contributed by atoms with Crippen LogP contribution in [0.15, 0.2) is 24.3 Å². The van der Waals surface area contributed by atoms with Gasteiger partial charge in [-0.25, -0.2) is 4.79 Å². The number of hydrogen-bond donors (Lipinski definition) is 1. The van der Waals surface area contributed by atoms with Gasteiger partial charge in [-0.1, -0.05) is 19.1 Å². The van der Waals surface area contributed by atoms with Gasteiger partial charge in [-0.05, 0) is 17.7 Å². The predicted octanol–water partition coefficient (Wildman–Crippen LogP) is 1.44. The van der Waals surface area contributed by atoms with Crippen molar-refractivity contribution < 1.29 is 14.4 Å². The largest absolute Gasteiger partial charge is 0.328 e. The summed E-state index contributed by atoms with van der Waals surface area (Å²) in [4.78, 5) is 34.8. The summed E-state index contributed by atoms with van der Waals surface area (Å²) in [5.41, 5.74) is 1.63. The highest BCUT2D eigenvalue weighted by Gasteiger charge is 2.23. The van der Waals surface area contributed by atoms with Crippen LogP contribution in [-0.4, -0.2) is 24.8 Å². The number of nitrogens with zero attached hydrogens (tertiary/aromatic N) is 1. The highest BCUT2D eigenvalue weighted by molar-refractivity contribution is 6.05. The van der Waals surface area contributed by atoms with Gasteiger partial charge in [0.2, 0.25) is 5.91 Å². The third kappa shape index (κ3) is 2.40. The predicted molar refractivity (Wildman–Crippen MR) is 66.4 cm³/mol. The normalized spacial score (nSPS) is 17.3. The van der Waals surface area contributed by atoms with Crippen LogP contribution in [0.3, 0.4) is 0 Å². The Kier molecular flexibility index (Phi) is 3.41. The van der Waals surface area contributed by atoms with Crippen LogP contribution in [0, 0.1) is 0 Å². The lowest BCUT2D eigenvalue weighted by Gasteiger charge is -2.26. The smallest absolute Gasteiger partial charge is 0.303 e. The molecule has 1 aromatic rings. The number of amides is 3. The van der Waals surface area contributed by atoms with Gasteiger partial charge in [-0.3, -0.25) is 15.0 Å². The van der Waals surface area contributed by atoms with Crippen LogP contribution in [0.25, 0.3) is 0 Å². The Morgan fingerprint density at radius 1 is 1.28 bits per heavy atom. The molecular weight excluding hydrogens is 232 g/mol. The minimum atomic E-state index is -0.401. The topological polar surface area (TPSA) is 66.5 Å². The van der Waals surface area contributed by atoms with Crippen molar-refractivity contribution in [3.63, 3.8) is 0 Å². The van der Waals surface area contributed by atoms with Crippen LogP contribution in [0.2, 0.25) is 0 Å². The number of aldehydes is 1. The first kappa shape index (κ1) is 12.3. The van der Waals surface area contributed by atoms with Crippen LogP contribution in [0.1, 0.15) is 24.8 Å². The lowest BCUT2D eigenvalue weighted by atomic mass is 10.0. The SMILES string of the molecule is CC(C=O)c1ccc(N2CCC(=O)NC2=O)cc1. The van der Waals surface area contributed by atoms with E-state index in [0.717, 1.165) is 17.5 Å². The number of nitrogens with one attached hydrogen (secondary N) is 1. The number of imide groups is 1. The molecule has 1 aliphatic rings. The van der Waals surface area contributed by atoms with Gasteiger partial charge in [0.25, 0.3) is 0 Å². The quantitative estimate of drug-likeness (QED) is 0.820. The molecule has 0 saturated carbocycles. The van der Waals surface area contributed by atoms with Crippen molar-refractivity contribution >= 4 is 23.9 Å². The van der Waals surface area contributed by atoms with Crippen LogP contribution >= 0.6 is 0 Å². The van der Waals surface area contributed by atoms with Crippen molar-refractivity contribution in [2.75, 3.05) is 11.4 Å². The van der Waals surface area contributed by atoms with Gasteiger partial charge < -0.3 is 4.79 Å². The van der Waals surface area contributed by atoms with E-state index in [4.69, 9.17) is 0 Å². The maximum absolute atomic E-state index is 11.6. The average Bonchev–Trinajstić information content (AvgIpc) is 2.38. The molecule has 5 heteroatoms. The second-order valence-electron chi connectivity index (χ2n) is 4.27. The molecule has 3 amide bonds. The van der Waals surface area contributed by atoms with E-state index in [0.29, 0.717) is 13.0 Å². The highest BCUT2D eigenvalue weighted by Crippen LogP contribution is 2.20. The van der Waals surface area contributed by atoms with Crippen molar-refractivity contribution in [2.24, 2.45) is 0 Å². The fourth-order valence-electron chi connectivity index (χ4n) is 1.85. The summed E-state index contributed by atoms with van der Waals surface area (Å²) < 4.78 is 0. The van der Waals surface area contributed by atoms with Gasteiger partial charge in [0.1, 0.15) is 6.29 Å². The Hall–Kier alpha value is -2.17. The molecule has 94 valence electrons. The molecule has 0 radical (unpaired) electrons. The molecule has 0 spiro atoms. The number of hydrogen-bond acceptors (Lipinski definition) is 3. The summed E-state index contributed by atoms with van der Waals surface area (Å²) in [6, 6.07) is 6.80. The first-order chi connectivity index (χ1) is 8.61. The summed E-state index contributed by atoms with van der Waals surface area (Å²) in [5, 5.41) is 2.27. The Balaban J connectivity index is 2.17. The summed E-state index contributed by atoms with van der Waals surface area (Å²) in [7, 11) is 0. The third-order valence-corrected chi connectivity index (χ3v) is 2.99. The number of urea groups is 1. The fraction of sp³-hybridized carbons (Fsp3) is 0.308. The van der Waals surface area contributed by atoms with Crippen molar-refractivity contribution in [3.8, 4) is 0 Å². The number of anilines is 1. The molecule has 1 aliphatic heterocycles. The minimum Gasteiger partial charge on any atom is -0.303 e. The molecule has 1 fully saturated rings. The molecule has 1 N–H and O–H groups in total. The van der Waals surface area contributed by atoms with Gasteiger partial charge in [0.15, 0.2) is 0 Å². The Bertz CT molecular complexity index is 482. The summed E-state index contributed by atoms with van der Waals surface area (Å²) >= 11 is 0. The van der Waals surface area contributed by atoms with Crippen LogP contribution in [0.5, 0.6) is 0 Å². The standard InChI is InChI=1S/C13H14N2O3/c1-9(8-16)10-2-4-11(5-3-10)15-7-6-12(17)14-13(15)18/h2-5,8-9H,6-7H2,1H3,(H,14,17,18). The zero-order valence-electron chi connectivity index (χ0n) is 10.1. The van der Waals surface area contributed by atoms with Crippen molar-refractivity contribution in [2.45, 2.75) is 19.3 Å². The molecule has 1 atom stereocenters. The van der Waals surface area contributed by atoms with E-state index in [1.54, 1.807) is 12.1 Å². The van der Waals surface area contributed by atoms with Crippen LogP contribution in [-0.2, 0) is 9.59 Å². The lowest BCUT2D eigenvalue weighted by molar-refractivity contribution is -0.120. The first-order valence-electron chi connectivity index (χ1n) is 5.78. The molecule has 0 aliphatic carbocycles. The molecule has 1 saturated heterocycles. The van der Waals surface area contributed by atoms with Gasteiger partial charge in [0, 0.05) is 24.6 Å². The Morgan fingerprint density at radius 3 is 2.50 bits per heavy atom. The summed E-state index contributed by atoms with van der Waals surface area (Å²) in [5.74, 6) is -0.404. The number of rotatable bonds is 3. The third-order valence-electron chi connectivity index (χ3n) is 2.99. The highest BCUT2D eigenvalue weighted by atomic mass is 16.2. The number of carbonyl (C=O) groups is 3. The molecule has 18 heavy (non-hydrogen) atoms. The number of carbonyl (C=O) groups excluding carboxylic acids is 3. The molecule has 1 heterocycles. The number of benzene rings is 1. The van der Waals surface area contributed by atoms with Gasteiger partial charge >= 0.3 is 6.03 Å². The van der Waals surface area contributed by atoms with Crippen LogP contribution < -0.4 is 10.2 Å². The molecule has 2 rings (SSSR count). The van der Waals surface area contributed by atoms with E-state index in [2.05, 4.69) is 5.32 Å². The van der Waals surface area contributed by atoms with E-state index < -0.39 is 6.03 Å². The average molecular weight is 246 g/mol. The van der Waals surface area contributed by atoms with E-state index in [9.17, 15) is 14.4 Å². The maximum Gasteiger partial charge on any atom is 0.328 e. The zero-order valence-corrected chi connectivity index (χ0v) is 10.1. The summed E-state index contributed by atoms with van der Waals surface area (Å²) in [6.45, 7) is 2.20. The zero-order chi connectivity index (χ0) is 13.1. The molecule has 0 aromatic heterocycles. The second-order valence-corrected chi connectivity index (χ2v) is 4.27. The first-order valence-corrected chi connectivity index (χ1v) is 5.78. The Labute approximate surface area is 105 Å². The molecule has 0 bridgehead atoms.